The largest absolute Gasteiger partial charge is 0.491 e. The van der Waals surface area contributed by atoms with Gasteiger partial charge in [-0.2, -0.15) is 0 Å². The number of carbonyl (C=O) groups excluding carboxylic acids is 1. The van der Waals surface area contributed by atoms with Crippen LogP contribution in [-0.4, -0.2) is 32.7 Å². The van der Waals surface area contributed by atoms with Crippen LogP contribution in [0.25, 0.3) is 0 Å². The molecule has 0 amide bonds. The number of halogens is 2. The van der Waals surface area contributed by atoms with Crippen molar-refractivity contribution in [2.24, 2.45) is 0 Å². The summed E-state index contributed by atoms with van der Waals surface area (Å²) in [6.07, 6.45) is 3.66. The van der Waals surface area contributed by atoms with Crippen LogP contribution in [0.1, 0.15) is 24.5 Å². The number of aryl methyl sites for hydroxylation is 2. The van der Waals surface area contributed by atoms with E-state index in [1.54, 1.807) is 6.08 Å². The highest BCUT2D eigenvalue weighted by Gasteiger charge is 2.09. The van der Waals surface area contributed by atoms with Crippen molar-refractivity contribution in [1.29, 1.82) is 0 Å². The van der Waals surface area contributed by atoms with E-state index in [-0.39, 0.29) is 4.49 Å². The van der Waals surface area contributed by atoms with Gasteiger partial charge in [0.2, 0.25) is 0 Å². The zero-order chi connectivity index (χ0) is 17.1. The number of benzene rings is 1. The molecule has 0 unspecified atom stereocenters. The van der Waals surface area contributed by atoms with Crippen LogP contribution in [0.5, 0.6) is 11.5 Å². The van der Waals surface area contributed by atoms with Crippen molar-refractivity contribution in [3.05, 3.63) is 33.8 Å². The van der Waals surface area contributed by atoms with Crippen LogP contribution in [-0.2, 0) is 16.0 Å². The summed E-state index contributed by atoms with van der Waals surface area (Å²) in [4.78, 5) is 10.2. The third kappa shape index (κ3) is 7.73. The minimum atomic E-state index is 0.187. The number of hydrogen-bond acceptors (Lipinski definition) is 4. The predicted octanol–water partition coefficient (Wildman–Crippen LogP) is 4.24. The third-order valence-corrected chi connectivity index (χ3v) is 3.36. The molecule has 128 valence electrons. The Hall–Kier alpha value is -1.23. The molecule has 0 saturated heterocycles. The van der Waals surface area contributed by atoms with E-state index in [2.05, 4.69) is 6.92 Å². The average Bonchev–Trinajstić information content (AvgIpc) is 2.51. The van der Waals surface area contributed by atoms with Gasteiger partial charge in [-0.15, -0.1) is 0 Å². The van der Waals surface area contributed by atoms with E-state index in [1.807, 2.05) is 19.1 Å². The molecule has 0 bridgehead atoms. The van der Waals surface area contributed by atoms with Crippen molar-refractivity contribution in [3.63, 3.8) is 0 Å². The van der Waals surface area contributed by atoms with Crippen LogP contribution < -0.4 is 9.47 Å². The fraction of sp³-hybridized carbons (Fsp3) is 0.471. The van der Waals surface area contributed by atoms with Gasteiger partial charge in [0.1, 0.15) is 35.5 Å². The van der Waals surface area contributed by atoms with Gasteiger partial charge in [-0.25, -0.2) is 0 Å². The van der Waals surface area contributed by atoms with Gasteiger partial charge < -0.3 is 19.0 Å². The molecule has 0 radical (unpaired) electrons. The molecule has 23 heavy (non-hydrogen) atoms. The summed E-state index contributed by atoms with van der Waals surface area (Å²) in [5, 5.41) is 0. The predicted molar refractivity (Wildman–Crippen MR) is 92.8 cm³/mol. The van der Waals surface area contributed by atoms with Crippen molar-refractivity contribution in [2.75, 3.05) is 26.4 Å². The lowest BCUT2D eigenvalue weighted by Gasteiger charge is -2.15. The molecule has 1 aromatic rings. The van der Waals surface area contributed by atoms with Crippen LogP contribution in [0, 0.1) is 6.92 Å². The molecule has 0 aliphatic rings. The van der Waals surface area contributed by atoms with E-state index in [4.69, 9.17) is 37.4 Å². The maximum Gasteiger partial charge on any atom is 0.125 e. The lowest BCUT2D eigenvalue weighted by Crippen LogP contribution is -2.10. The van der Waals surface area contributed by atoms with Crippen molar-refractivity contribution in [2.45, 2.75) is 26.7 Å². The van der Waals surface area contributed by atoms with Gasteiger partial charge in [-0.1, -0.05) is 30.1 Å². The highest BCUT2D eigenvalue weighted by molar-refractivity contribution is 6.55. The van der Waals surface area contributed by atoms with Crippen LogP contribution in [0.2, 0.25) is 0 Å². The van der Waals surface area contributed by atoms with Gasteiger partial charge in [0.25, 0.3) is 0 Å². The van der Waals surface area contributed by atoms with E-state index < -0.39 is 0 Å². The second-order valence-electron chi connectivity index (χ2n) is 4.80. The van der Waals surface area contributed by atoms with Gasteiger partial charge in [-0.05, 0) is 42.7 Å². The Labute approximate surface area is 147 Å². The lowest BCUT2D eigenvalue weighted by molar-refractivity contribution is -0.108. The van der Waals surface area contributed by atoms with Gasteiger partial charge in [0.15, 0.2) is 0 Å². The first-order chi connectivity index (χ1) is 11.1. The highest BCUT2D eigenvalue weighted by Crippen LogP contribution is 2.29. The molecule has 0 aliphatic carbocycles. The molecule has 0 spiro atoms. The molecular weight excluding hydrogens is 339 g/mol. The van der Waals surface area contributed by atoms with Crippen molar-refractivity contribution < 1.29 is 19.0 Å². The topological polar surface area (TPSA) is 44.8 Å². The Bertz CT molecular complexity index is 526. The quantitative estimate of drug-likeness (QED) is 0.437. The summed E-state index contributed by atoms with van der Waals surface area (Å²) in [5.74, 6) is 1.60. The zero-order valence-electron chi connectivity index (χ0n) is 13.4. The maximum atomic E-state index is 10.2. The van der Waals surface area contributed by atoms with Gasteiger partial charge in [0, 0.05) is 6.42 Å². The Kier molecular flexibility index (Phi) is 9.76. The lowest BCUT2D eigenvalue weighted by atomic mass is 10.1. The Morgan fingerprint density at radius 1 is 1.17 bits per heavy atom. The number of aldehydes is 1. The molecule has 0 aromatic heterocycles. The van der Waals surface area contributed by atoms with Crippen LogP contribution in [0.3, 0.4) is 0 Å². The number of hydrogen-bond donors (Lipinski definition) is 0. The first-order valence-corrected chi connectivity index (χ1v) is 8.25. The Morgan fingerprint density at radius 3 is 2.61 bits per heavy atom. The summed E-state index contributed by atoms with van der Waals surface area (Å²) in [5.41, 5.74) is 2.06. The molecule has 0 fully saturated rings. The van der Waals surface area contributed by atoms with E-state index in [1.165, 1.54) is 0 Å². The van der Waals surface area contributed by atoms with Crippen molar-refractivity contribution in [3.8, 4) is 11.5 Å². The molecular formula is C17H22Cl2O4. The highest BCUT2D eigenvalue weighted by atomic mass is 35.5. The summed E-state index contributed by atoms with van der Waals surface area (Å²) in [6, 6.07) is 3.86. The summed E-state index contributed by atoms with van der Waals surface area (Å²) >= 11 is 11.1. The Morgan fingerprint density at radius 2 is 1.96 bits per heavy atom. The van der Waals surface area contributed by atoms with Crippen LogP contribution in [0.15, 0.2) is 22.7 Å². The molecule has 0 atom stereocenters. The van der Waals surface area contributed by atoms with Crippen LogP contribution in [0.4, 0.5) is 0 Å². The fourth-order valence-corrected chi connectivity index (χ4v) is 2.13. The van der Waals surface area contributed by atoms with E-state index in [9.17, 15) is 4.79 Å². The second-order valence-corrected chi connectivity index (χ2v) is 5.81. The van der Waals surface area contributed by atoms with Gasteiger partial charge in [-0.3, -0.25) is 0 Å². The molecule has 4 nitrogen and oxygen atoms in total. The minimum Gasteiger partial charge on any atom is -0.491 e. The molecule has 0 saturated carbocycles. The average molecular weight is 361 g/mol. The fourth-order valence-electron chi connectivity index (χ4n) is 2.00. The monoisotopic (exact) mass is 360 g/mol. The molecule has 0 heterocycles. The molecule has 1 aromatic carbocycles. The first-order valence-electron chi connectivity index (χ1n) is 7.50. The maximum absolute atomic E-state index is 10.2. The Balaban J connectivity index is 2.61. The number of ether oxygens (including phenoxy) is 3. The number of rotatable bonds is 11. The molecule has 0 N–H and O–H groups in total. The third-order valence-electron chi connectivity index (χ3n) is 3.05. The van der Waals surface area contributed by atoms with E-state index in [0.717, 1.165) is 35.3 Å². The van der Waals surface area contributed by atoms with E-state index in [0.29, 0.717) is 32.8 Å². The zero-order valence-corrected chi connectivity index (χ0v) is 15.0. The SMILES string of the molecule is CCc1cc(OCC=C(Cl)Cl)cc(C)c1OCCOCCC=O. The van der Waals surface area contributed by atoms with Crippen LogP contribution >= 0.6 is 23.2 Å². The van der Waals surface area contributed by atoms with Crippen molar-refractivity contribution >= 4 is 29.5 Å². The van der Waals surface area contributed by atoms with E-state index >= 15 is 0 Å². The summed E-state index contributed by atoms with van der Waals surface area (Å²) in [6.45, 7) is 5.66. The summed E-state index contributed by atoms with van der Waals surface area (Å²) < 4.78 is 16.9. The molecule has 0 aliphatic heterocycles. The minimum absolute atomic E-state index is 0.187. The molecule has 6 heteroatoms. The standard InChI is InChI=1S/C17H22Cl2O4/c1-3-14-12-15(22-8-5-16(18)19)11-13(2)17(14)23-10-9-21-7-4-6-20/h5-6,11-12H,3-4,7-10H2,1-2H3. The van der Waals surface area contributed by atoms with Gasteiger partial charge >= 0.3 is 0 Å². The number of carbonyl (C=O) groups is 1. The smallest absolute Gasteiger partial charge is 0.125 e. The van der Waals surface area contributed by atoms with Gasteiger partial charge in [0.05, 0.1) is 13.2 Å². The first kappa shape index (κ1) is 19.8. The summed E-state index contributed by atoms with van der Waals surface area (Å²) in [7, 11) is 0. The normalized spacial score (nSPS) is 10.3. The second kappa shape index (κ2) is 11.3. The van der Waals surface area contributed by atoms with Crippen molar-refractivity contribution in [1.82, 2.24) is 0 Å². The molecule has 1 rings (SSSR count).